The molecular formula is C9H11BrO2. The van der Waals surface area contributed by atoms with Crippen molar-refractivity contribution in [2.75, 3.05) is 0 Å². The maximum Gasteiger partial charge on any atom is 0.350 e. The van der Waals surface area contributed by atoms with Crippen molar-refractivity contribution in [3.63, 3.8) is 0 Å². The largest absolute Gasteiger partial charge is 0.423 e. The maximum absolute atomic E-state index is 10.8. The zero-order chi connectivity index (χ0) is 8.97. The van der Waals surface area contributed by atoms with Gasteiger partial charge in [-0.1, -0.05) is 13.3 Å². The minimum absolute atomic E-state index is 0.294. The lowest BCUT2D eigenvalue weighted by atomic mass is 10.2. The summed E-state index contributed by atoms with van der Waals surface area (Å²) in [6.45, 7) is 2.13. The highest BCUT2D eigenvalue weighted by atomic mass is 79.9. The lowest BCUT2D eigenvalue weighted by Crippen LogP contribution is -1.93. The first kappa shape index (κ1) is 9.52. The quantitative estimate of drug-likeness (QED) is 0.551. The van der Waals surface area contributed by atoms with Crippen LogP contribution >= 0.6 is 15.9 Å². The molecule has 0 N–H and O–H groups in total. The highest BCUT2D eigenvalue weighted by Crippen LogP contribution is 2.21. The van der Waals surface area contributed by atoms with E-state index in [1.165, 1.54) is 0 Å². The molecule has 12 heavy (non-hydrogen) atoms. The predicted molar refractivity (Wildman–Crippen MR) is 50.7 cm³/mol. The molecule has 0 aromatic carbocycles. The zero-order valence-electron chi connectivity index (χ0n) is 6.97. The summed E-state index contributed by atoms with van der Waals surface area (Å²) in [7, 11) is 0. The van der Waals surface area contributed by atoms with Gasteiger partial charge in [0.05, 0.1) is 0 Å². The van der Waals surface area contributed by atoms with E-state index in [0.29, 0.717) is 10.2 Å². The van der Waals surface area contributed by atoms with Gasteiger partial charge in [-0.2, -0.15) is 0 Å². The first-order valence-corrected chi connectivity index (χ1v) is 4.83. The number of allylic oxidation sites excluding steroid dienone is 2. The van der Waals surface area contributed by atoms with Crippen LogP contribution in [0.5, 0.6) is 0 Å². The molecule has 1 aliphatic heterocycles. The summed E-state index contributed by atoms with van der Waals surface area (Å²) in [4.78, 5) is 10.8. The number of halogens is 1. The third-order valence-electron chi connectivity index (χ3n) is 1.58. The predicted octanol–water partition coefficient (Wildman–Crippen LogP) is 2.90. The molecule has 0 saturated carbocycles. The van der Waals surface area contributed by atoms with Gasteiger partial charge >= 0.3 is 5.97 Å². The SMILES string of the molecule is CCCC/C=C1/C=C(Br)C(=O)O1. The number of carbonyl (C=O) groups is 1. The smallest absolute Gasteiger partial charge is 0.350 e. The van der Waals surface area contributed by atoms with E-state index in [1.807, 2.05) is 6.08 Å². The summed E-state index contributed by atoms with van der Waals surface area (Å²) in [5.41, 5.74) is 0. The highest BCUT2D eigenvalue weighted by molar-refractivity contribution is 9.12. The first-order valence-electron chi connectivity index (χ1n) is 4.03. The summed E-state index contributed by atoms with van der Waals surface area (Å²) in [6.07, 6.45) is 6.90. The summed E-state index contributed by atoms with van der Waals surface area (Å²) >= 11 is 3.10. The summed E-state index contributed by atoms with van der Waals surface area (Å²) in [6, 6.07) is 0. The molecule has 0 amide bonds. The van der Waals surface area contributed by atoms with Crippen LogP contribution in [0.2, 0.25) is 0 Å². The molecule has 0 aliphatic carbocycles. The maximum atomic E-state index is 10.8. The summed E-state index contributed by atoms with van der Waals surface area (Å²) < 4.78 is 5.41. The Labute approximate surface area is 80.4 Å². The molecular weight excluding hydrogens is 220 g/mol. The molecule has 0 atom stereocenters. The molecule has 0 saturated heterocycles. The number of hydrogen-bond acceptors (Lipinski definition) is 2. The molecule has 0 spiro atoms. The van der Waals surface area contributed by atoms with Gasteiger partial charge in [-0.3, -0.25) is 0 Å². The molecule has 3 heteroatoms. The highest BCUT2D eigenvalue weighted by Gasteiger charge is 2.17. The minimum Gasteiger partial charge on any atom is -0.423 e. The Morgan fingerprint density at radius 1 is 1.67 bits per heavy atom. The number of esters is 1. The minimum atomic E-state index is -0.294. The molecule has 0 bridgehead atoms. The molecule has 0 aromatic rings. The second-order valence-electron chi connectivity index (χ2n) is 2.63. The summed E-state index contributed by atoms with van der Waals surface area (Å²) in [5, 5.41) is 0. The number of rotatable bonds is 3. The molecule has 1 rings (SSSR count). The van der Waals surface area contributed by atoms with Crippen molar-refractivity contribution in [1.29, 1.82) is 0 Å². The van der Waals surface area contributed by atoms with E-state index < -0.39 is 0 Å². The Balaban J connectivity index is 2.46. The molecule has 0 fully saturated rings. The Kier molecular flexibility index (Phi) is 3.53. The molecule has 0 aromatic heterocycles. The molecule has 0 radical (unpaired) electrons. The van der Waals surface area contributed by atoms with Crippen molar-refractivity contribution in [3.05, 3.63) is 22.4 Å². The number of hydrogen-bond donors (Lipinski definition) is 0. The van der Waals surface area contributed by atoms with Crippen LogP contribution in [-0.4, -0.2) is 5.97 Å². The summed E-state index contributed by atoms with van der Waals surface area (Å²) in [5.74, 6) is 0.373. The third-order valence-corrected chi connectivity index (χ3v) is 2.13. The van der Waals surface area contributed by atoms with Gasteiger partial charge in [0.1, 0.15) is 10.2 Å². The Bertz CT molecular complexity index is 241. The van der Waals surface area contributed by atoms with E-state index >= 15 is 0 Å². The number of ether oxygens (including phenoxy) is 1. The Morgan fingerprint density at radius 3 is 2.92 bits per heavy atom. The number of unbranched alkanes of at least 4 members (excludes halogenated alkanes) is 2. The van der Waals surface area contributed by atoms with Crippen LogP contribution in [0.4, 0.5) is 0 Å². The second kappa shape index (κ2) is 4.45. The van der Waals surface area contributed by atoms with Crippen molar-refractivity contribution >= 4 is 21.9 Å². The van der Waals surface area contributed by atoms with Crippen molar-refractivity contribution < 1.29 is 9.53 Å². The molecule has 2 nitrogen and oxygen atoms in total. The van der Waals surface area contributed by atoms with E-state index in [-0.39, 0.29) is 5.97 Å². The van der Waals surface area contributed by atoms with E-state index in [2.05, 4.69) is 22.9 Å². The normalized spacial score (nSPS) is 19.7. The average molecular weight is 231 g/mol. The lowest BCUT2D eigenvalue weighted by molar-refractivity contribution is -0.132. The van der Waals surface area contributed by atoms with Crippen molar-refractivity contribution in [1.82, 2.24) is 0 Å². The molecule has 66 valence electrons. The molecule has 0 unspecified atom stereocenters. The molecule has 1 aliphatic rings. The molecule has 1 heterocycles. The monoisotopic (exact) mass is 230 g/mol. The Morgan fingerprint density at radius 2 is 2.42 bits per heavy atom. The standard InChI is InChI=1S/C9H11BrO2/c1-2-3-4-5-7-6-8(10)9(11)12-7/h5-6H,2-4H2,1H3/b7-5-. The van der Waals surface area contributed by atoms with Crippen LogP contribution in [0, 0.1) is 0 Å². The van der Waals surface area contributed by atoms with Crippen molar-refractivity contribution in [2.24, 2.45) is 0 Å². The van der Waals surface area contributed by atoms with Gasteiger partial charge in [-0.25, -0.2) is 4.79 Å². The lowest BCUT2D eigenvalue weighted by Gasteiger charge is -1.94. The van der Waals surface area contributed by atoms with Crippen LogP contribution in [0.15, 0.2) is 22.4 Å². The van der Waals surface area contributed by atoms with Gasteiger partial charge in [-0.15, -0.1) is 0 Å². The van der Waals surface area contributed by atoms with Crippen molar-refractivity contribution in [2.45, 2.75) is 26.2 Å². The fraction of sp³-hybridized carbons (Fsp3) is 0.444. The fourth-order valence-corrected chi connectivity index (χ4v) is 1.22. The Hall–Kier alpha value is -0.570. The van der Waals surface area contributed by atoms with Crippen LogP contribution in [0.3, 0.4) is 0 Å². The second-order valence-corrected chi connectivity index (χ2v) is 3.48. The fourth-order valence-electron chi connectivity index (χ4n) is 0.918. The van der Waals surface area contributed by atoms with Crippen LogP contribution in [0.25, 0.3) is 0 Å². The van der Waals surface area contributed by atoms with Gasteiger partial charge in [0, 0.05) is 6.08 Å². The average Bonchev–Trinajstić information content (AvgIpc) is 2.32. The van der Waals surface area contributed by atoms with E-state index in [9.17, 15) is 4.79 Å². The first-order chi connectivity index (χ1) is 5.74. The van der Waals surface area contributed by atoms with Crippen molar-refractivity contribution in [3.8, 4) is 0 Å². The topological polar surface area (TPSA) is 26.3 Å². The van der Waals surface area contributed by atoms with Crippen LogP contribution < -0.4 is 0 Å². The van der Waals surface area contributed by atoms with Gasteiger partial charge in [-0.05, 0) is 34.8 Å². The van der Waals surface area contributed by atoms with E-state index in [1.54, 1.807) is 6.08 Å². The van der Waals surface area contributed by atoms with Crippen LogP contribution in [-0.2, 0) is 9.53 Å². The number of carbonyl (C=O) groups excluding carboxylic acids is 1. The van der Waals surface area contributed by atoms with Gasteiger partial charge in [0.15, 0.2) is 0 Å². The van der Waals surface area contributed by atoms with Gasteiger partial charge in [0.25, 0.3) is 0 Å². The van der Waals surface area contributed by atoms with E-state index in [4.69, 9.17) is 4.74 Å². The van der Waals surface area contributed by atoms with Gasteiger partial charge in [0.2, 0.25) is 0 Å². The van der Waals surface area contributed by atoms with E-state index in [0.717, 1.165) is 19.3 Å². The van der Waals surface area contributed by atoms with Gasteiger partial charge < -0.3 is 4.74 Å². The zero-order valence-corrected chi connectivity index (χ0v) is 8.56. The van der Waals surface area contributed by atoms with Crippen LogP contribution in [0.1, 0.15) is 26.2 Å². The third kappa shape index (κ3) is 2.48. The number of cyclic esters (lactones) is 1.